The first kappa shape index (κ1) is 35.5. The molecule has 0 radical (unpaired) electrons. The minimum Gasteiger partial charge on any atom is -0.497 e. The van der Waals surface area contributed by atoms with Crippen LogP contribution in [-0.2, 0) is 19.3 Å². The molecule has 1 amide bonds. The van der Waals surface area contributed by atoms with Crippen LogP contribution in [0.1, 0.15) is 37.5 Å². The van der Waals surface area contributed by atoms with Gasteiger partial charge in [-0.2, -0.15) is 0 Å². The molecule has 0 saturated heterocycles. The quantitative estimate of drug-likeness (QED) is 0.216. The molecule has 0 saturated carbocycles. The summed E-state index contributed by atoms with van der Waals surface area (Å²) in [6.07, 6.45) is 9.52. The van der Waals surface area contributed by atoms with Crippen LogP contribution in [0.5, 0.6) is 17.2 Å². The molecule has 0 unspecified atom stereocenters. The third-order valence-corrected chi connectivity index (χ3v) is 5.95. The van der Waals surface area contributed by atoms with Crippen LogP contribution in [0, 0.1) is 0 Å². The maximum absolute atomic E-state index is 12.2. The van der Waals surface area contributed by atoms with Gasteiger partial charge < -0.3 is 14.2 Å². The molecule has 0 aromatic heterocycles. The third kappa shape index (κ3) is 13.2. The Morgan fingerprint density at radius 3 is 1.62 bits per heavy atom. The minimum absolute atomic E-state index is 0.311. The Labute approximate surface area is 253 Å². The van der Waals surface area contributed by atoms with Crippen LogP contribution < -0.4 is 14.2 Å². The Kier molecular flexibility index (Phi) is 16.5. The Morgan fingerprint density at radius 2 is 1.19 bits per heavy atom. The molecule has 5 nitrogen and oxygen atoms in total. The smallest absolute Gasteiger partial charge is 0.415 e. The van der Waals surface area contributed by atoms with Gasteiger partial charge in [-0.1, -0.05) is 66.8 Å². The van der Waals surface area contributed by atoms with Gasteiger partial charge in [0, 0.05) is 12.1 Å². The molecule has 3 rings (SSSR count). The number of rotatable bonds is 11. The van der Waals surface area contributed by atoms with E-state index in [1.165, 1.54) is 11.1 Å². The maximum atomic E-state index is 12.2. The molecule has 0 heterocycles. The van der Waals surface area contributed by atoms with E-state index in [1.54, 1.807) is 37.3 Å². The first-order valence-corrected chi connectivity index (χ1v) is 13.9. The van der Waals surface area contributed by atoms with Gasteiger partial charge in [0.25, 0.3) is 0 Å². The van der Waals surface area contributed by atoms with E-state index in [4.69, 9.17) is 14.2 Å². The maximum Gasteiger partial charge on any atom is 0.415 e. The van der Waals surface area contributed by atoms with Gasteiger partial charge in [0.1, 0.15) is 17.2 Å². The lowest BCUT2D eigenvalue weighted by Crippen LogP contribution is -2.47. The largest absolute Gasteiger partial charge is 0.497 e. The van der Waals surface area contributed by atoms with E-state index in [1.807, 2.05) is 99.7 Å². The van der Waals surface area contributed by atoms with Gasteiger partial charge in [-0.05, 0) is 87.1 Å². The van der Waals surface area contributed by atoms with Crippen LogP contribution in [0.3, 0.4) is 0 Å². The highest BCUT2D eigenvalue weighted by atomic mass is 16.6. The molecule has 0 spiro atoms. The summed E-state index contributed by atoms with van der Waals surface area (Å²) in [5, 5.41) is 0. The molecule has 0 atom stereocenters. The fourth-order valence-corrected chi connectivity index (χ4v) is 3.72. The number of methoxy groups -OCH3 is 2. The average molecular weight is 570 g/mol. The summed E-state index contributed by atoms with van der Waals surface area (Å²) < 4.78 is 15.6. The lowest BCUT2D eigenvalue weighted by atomic mass is 10.1. The van der Waals surface area contributed by atoms with Crippen LogP contribution in [0.15, 0.2) is 123 Å². The Bertz CT molecular complexity index is 1240. The van der Waals surface area contributed by atoms with E-state index in [-0.39, 0.29) is 11.6 Å². The van der Waals surface area contributed by atoms with Crippen molar-refractivity contribution in [1.82, 2.24) is 4.90 Å². The van der Waals surface area contributed by atoms with Crippen LogP contribution in [-0.4, -0.2) is 37.3 Å². The van der Waals surface area contributed by atoms with Crippen molar-refractivity contribution in [3.63, 3.8) is 0 Å². The summed E-state index contributed by atoms with van der Waals surface area (Å²) >= 11 is 0. The molecular formula is C37H47NO4. The summed E-state index contributed by atoms with van der Waals surface area (Å²) in [4.78, 5) is 13.8. The van der Waals surface area contributed by atoms with E-state index in [2.05, 4.69) is 26.3 Å². The van der Waals surface area contributed by atoms with Crippen molar-refractivity contribution in [1.29, 1.82) is 0 Å². The number of allylic oxidation sites excluding steroid dienone is 3. The number of carbonyl (C=O) groups excluding carboxylic acids is 1. The Morgan fingerprint density at radius 1 is 0.690 bits per heavy atom. The predicted octanol–water partition coefficient (Wildman–Crippen LogP) is 9.05. The van der Waals surface area contributed by atoms with Crippen LogP contribution in [0.4, 0.5) is 4.79 Å². The van der Waals surface area contributed by atoms with Crippen molar-refractivity contribution < 1.29 is 19.0 Å². The van der Waals surface area contributed by atoms with Crippen molar-refractivity contribution in [3.05, 3.63) is 140 Å². The summed E-state index contributed by atoms with van der Waals surface area (Å²) in [7, 11) is 3.35. The number of hydrogen-bond acceptors (Lipinski definition) is 4. The highest BCUT2D eigenvalue weighted by Crippen LogP contribution is 2.19. The zero-order valence-corrected chi connectivity index (χ0v) is 26.0. The van der Waals surface area contributed by atoms with Crippen molar-refractivity contribution in [2.24, 2.45) is 0 Å². The van der Waals surface area contributed by atoms with E-state index in [0.29, 0.717) is 12.3 Å². The zero-order chi connectivity index (χ0) is 31.4. The second-order valence-corrected chi connectivity index (χ2v) is 10.2. The lowest BCUT2D eigenvalue weighted by molar-refractivity contribution is 0.115. The highest BCUT2D eigenvalue weighted by molar-refractivity contribution is 5.71. The molecule has 0 N–H and O–H groups in total. The van der Waals surface area contributed by atoms with Gasteiger partial charge in [-0.15, -0.1) is 26.3 Å². The van der Waals surface area contributed by atoms with Gasteiger partial charge in [-0.25, -0.2) is 4.79 Å². The summed E-state index contributed by atoms with van der Waals surface area (Å²) in [5.41, 5.74) is 3.28. The molecular weight excluding hydrogens is 522 g/mol. The number of nitrogens with zero attached hydrogens (tertiary/aromatic N) is 1. The predicted molar refractivity (Wildman–Crippen MR) is 177 cm³/mol. The second-order valence-electron chi connectivity index (χ2n) is 10.2. The summed E-state index contributed by atoms with van der Waals surface area (Å²) in [5.74, 6) is 2.38. The molecule has 0 aliphatic carbocycles. The van der Waals surface area contributed by atoms with Gasteiger partial charge in [0.2, 0.25) is 0 Å². The number of ether oxygens (including phenoxy) is 3. The normalized spacial score (nSPS) is 9.93. The SMILES string of the molecule is C=CCc1ccc(OC(=O)N(CC=C)C(C)(C)C)cc1.C=CCc1ccc(OC)cc1.C=CCc1ccccc1OC. The zero-order valence-electron chi connectivity index (χ0n) is 26.0. The van der Waals surface area contributed by atoms with Gasteiger partial charge in [-0.3, -0.25) is 4.90 Å². The standard InChI is InChI=1S/C17H23NO2.2C10H12O/c1-6-8-14-9-11-15(12-10-14)20-16(19)18(13-7-2)17(3,4)5;1-3-6-9-7-4-5-8-10(9)11-2;1-3-4-9-5-7-10(11-2)8-6-9/h6-7,9-12H,1-2,8,13H2,3-5H3;3-5,7-8H,1,6H2,2H3;3,5-8H,1,4H2,2H3. The topological polar surface area (TPSA) is 48.0 Å². The molecule has 0 aliphatic rings. The third-order valence-electron chi connectivity index (χ3n) is 5.95. The molecule has 42 heavy (non-hydrogen) atoms. The molecule has 224 valence electrons. The number of para-hydroxylation sites is 1. The molecule has 0 bridgehead atoms. The molecule has 3 aromatic carbocycles. The Hall–Kier alpha value is -4.51. The fraction of sp³-hybridized carbons (Fsp3) is 0.270. The van der Waals surface area contributed by atoms with Crippen molar-refractivity contribution in [2.75, 3.05) is 20.8 Å². The first-order chi connectivity index (χ1) is 20.1. The van der Waals surface area contributed by atoms with E-state index in [9.17, 15) is 4.79 Å². The second kappa shape index (κ2) is 19.5. The van der Waals surface area contributed by atoms with E-state index >= 15 is 0 Å². The molecule has 0 aliphatic heterocycles. The van der Waals surface area contributed by atoms with Crippen molar-refractivity contribution in [2.45, 2.75) is 45.6 Å². The van der Waals surface area contributed by atoms with Gasteiger partial charge in [0.15, 0.2) is 0 Å². The van der Waals surface area contributed by atoms with Crippen molar-refractivity contribution >= 4 is 6.09 Å². The first-order valence-electron chi connectivity index (χ1n) is 13.9. The van der Waals surface area contributed by atoms with Crippen LogP contribution in [0.2, 0.25) is 0 Å². The number of hydrogen-bond donors (Lipinski definition) is 0. The van der Waals surface area contributed by atoms with Crippen molar-refractivity contribution in [3.8, 4) is 17.2 Å². The lowest BCUT2D eigenvalue weighted by Gasteiger charge is -2.33. The average Bonchev–Trinajstić information content (AvgIpc) is 2.98. The monoisotopic (exact) mass is 569 g/mol. The molecule has 3 aromatic rings. The summed E-state index contributed by atoms with van der Waals surface area (Å²) in [6, 6.07) is 23.4. The highest BCUT2D eigenvalue weighted by Gasteiger charge is 2.26. The minimum atomic E-state index is -0.367. The van der Waals surface area contributed by atoms with E-state index < -0.39 is 0 Å². The van der Waals surface area contributed by atoms with Gasteiger partial charge >= 0.3 is 6.09 Å². The molecule has 0 fully saturated rings. The summed E-state index contributed by atoms with van der Waals surface area (Å²) in [6.45, 7) is 21.1. The van der Waals surface area contributed by atoms with Crippen LogP contribution >= 0.6 is 0 Å². The van der Waals surface area contributed by atoms with Gasteiger partial charge in [0.05, 0.1) is 14.2 Å². The van der Waals surface area contributed by atoms with E-state index in [0.717, 1.165) is 36.3 Å². The number of benzene rings is 3. The number of amides is 1. The number of carbonyl (C=O) groups is 1. The Balaban J connectivity index is 0.000000340. The molecule has 5 heteroatoms. The van der Waals surface area contributed by atoms with Crippen LogP contribution in [0.25, 0.3) is 0 Å². The fourth-order valence-electron chi connectivity index (χ4n) is 3.72.